The Morgan fingerprint density at radius 2 is 1.48 bits per heavy atom. The largest absolute Gasteiger partial charge is 0.456 e. The third-order valence-corrected chi connectivity index (χ3v) is 4.63. The first-order valence-corrected chi connectivity index (χ1v) is 9.07. The molecule has 1 aliphatic carbocycles. The van der Waals surface area contributed by atoms with E-state index in [-0.39, 0.29) is 0 Å². The van der Waals surface area contributed by atoms with E-state index in [9.17, 15) is 0 Å². The van der Waals surface area contributed by atoms with Gasteiger partial charge in [-0.15, -0.1) is 0 Å². The maximum atomic E-state index is 6.24. The molecule has 0 saturated carbocycles. The average Bonchev–Trinajstić information content (AvgIpc) is 2.72. The number of rotatable bonds is 2. The van der Waals surface area contributed by atoms with Gasteiger partial charge in [0.2, 0.25) is 0 Å². The first kappa shape index (κ1) is 17.0. The Morgan fingerprint density at radius 1 is 0.778 bits per heavy atom. The highest BCUT2D eigenvalue weighted by Crippen LogP contribution is 2.36. The van der Waals surface area contributed by atoms with Crippen molar-refractivity contribution in [2.45, 2.75) is 0 Å². The van der Waals surface area contributed by atoms with Crippen molar-refractivity contribution in [3.8, 4) is 5.75 Å². The summed E-state index contributed by atoms with van der Waals surface area (Å²) in [5.74, 6) is 1.75. The quantitative estimate of drug-likeness (QED) is 0.671. The van der Waals surface area contributed by atoms with Crippen LogP contribution in [-0.2, 0) is 0 Å². The van der Waals surface area contributed by atoms with Gasteiger partial charge in [0, 0.05) is 23.3 Å². The third kappa shape index (κ3) is 3.75. The molecule has 27 heavy (non-hydrogen) atoms. The smallest absolute Gasteiger partial charge is 0.199 e. The lowest BCUT2D eigenvalue weighted by Gasteiger charge is -2.20. The second-order valence-corrected chi connectivity index (χ2v) is 6.75. The number of hydrogen-bond acceptors (Lipinski definition) is 1. The molecular weight excluding hydrogens is 330 g/mol. The van der Waals surface area contributed by atoms with Crippen LogP contribution in [0.25, 0.3) is 11.6 Å². The van der Waals surface area contributed by atoms with Crippen molar-refractivity contribution in [1.82, 2.24) is 0 Å². The fourth-order valence-corrected chi connectivity index (χ4v) is 3.12. The van der Waals surface area contributed by atoms with E-state index in [0.717, 1.165) is 33.8 Å². The molecule has 0 atom stereocenters. The lowest BCUT2D eigenvalue weighted by molar-refractivity contribution is -0.462. The summed E-state index contributed by atoms with van der Waals surface area (Å²) in [6.07, 6.45) is 14.8. The predicted molar refractivity (Wildman–Crippen MR) is 113 cm³/mol. The van der Waals surface area contributed by atoms with E-state index in [1.165, 1.54) is 5.71 Å². The molecule has 0 N–H and O–H groups in total. The van der Waals surface area contributed by atoms with Crippen molar-refractivity contribution >= 4 is 17.4 Å². The van der Waals surface area contributed by atoms with Crippen LogP contribution in [0.2, 0.25) is 0 Å². The minimum atomic E-state index is 0.858. The molecule has 132 valence electrons. The van der Waals surface area contributed by atoms with Crippen LogP contribution in [0.1, 0.15) is 11.1 Å². The maximum Gasteiger partial charge on any atom is 0.199 e. The van der Waals surface area contributed by atoms with Crippen LogP contribution in [-0.4, -0.2) is 24.4 Å². The lowest BCUT2D eigenvalue weighted by atomic mass is 9.97. The molecule has 1 heterocycles. The molecule has 0 bridgehead atoms. The Morgan fingerprint density at radius 3 is 2.22 bits per heavy atom. The van der Waals surface area contributed by atoms with Crippen LogP contribution >= 0.6 is 0 Å². The topological polar surface area (TPSA) is 12.2 Å². The summed E-state index contributed by atoms with van der Waals surface area (Å²) in [6, 6.07) is 18.5. The zero-order valence-corrected chi connectivity index (χ0v) is 15.6. The molecule has 2 aliphatic rings. The van der Waals surface area contributed by atoms with E-state index < -0.39 is 0 Å². The second kappa shape index (κ2) is 7.46. The number of ether oxygens (including phenoxy) is 1. The fraction of sp³-hybridized carbons (Fsp3) is 0.0800. The Hall–Kier alpha value is -3.39. The highest BCUT2D eigenvalue weighted by Gasteiger charge is 2.17. The standard InChI is InChI=1S/C25H22NO/c1-26(2)22-15-12-19(13-16-22)14-17-25-23(20-8-4-3-5-9-20)18-21-10-6-7-11-24(21)27-25/h3-18H,1-2H3/q+1/b25-17+. The molecule has 2 aromatic rings. The molecule has 0 unspecified atom stereocenters. The van der Waals surface area contributed by atoms with Crippen LogP contribution in [0.15, 0.2) is 102 Å². The monoisotopic (exact) mass is 352 g/mol. The van der Waals surface area contributed by atoms with Gasteiger partial charge in [-0.05, 0) is 41.5 Å². The van der Waals surface area contributed by atoms with Crippen molar-refractivity contribution in [2.75, 3.05) is 14.1 Å². The van der Waals surface area contributed by atoms with E-state index in [1.54, 1.807) is 0 Å². The summed E-state index contributed by atoms with van der Waals surface area (Å²) >= 11 is 0. The van der Waals surface area contributed by atoms with Crippen molar-refractivity contribution in [3.05, 3.63) is 114 Å². The zero-order chi connectivity index (χ0) is 18.6. The van der Waals surface area contributed by atoms with Gasteiger partial charge in [0.05, 0.1) is 0 Å². The van der Waals surface area contributed by atoms with Crippen LogP contribution in [0.3, 0.4) is 0 Å². The lowest BCUT2D eigenvalue weighted by Crippen LogP contribution is -2.09. The van der Waals surface area contributed by atoms with Gasteiger partial charge < -0.3 is 4.74 Å². The Balaban J connectivity index is 1.72. The molecule has 0 fully saturated rings. The van der Waals surface area contributed by atoms with Gasteiger partial charge in [-0.2, -0.15) is 0 Å². The van der Waals surface area contributed by atoms with Gasteiger partial charge in [-0.3, -0.25) is 0 Å². The van der Waals surface area contributed by atoms with E-state index in [4.69, 9.17) is 4.74 Å². The SMILES string of the molecule is C[N+](C)=C1C=CC(=C/C=C2/Oc3ccccc3C=C2c2ccccc2)C=C1. The molecule has 2 nitrogen and oxygen atoms in total. The Labute approximate surface area is 160 Å². The van der Waals surface area contributed by atoms with Crippen LogP contribution in [0.5, 0.6) is 5.75 Å². The van der Waals surface area contributed by atoms with Crippen molar-refractivity contribution in [3.63, 3.8) is 0 Å². The number of para-hydroxylation sites is 1. The van der Waals surface area contributed by atoms with Crippen molar-refractivity contribution < 1.29 is 9.31 Å². The van der Waals surface area contributed by atoms with Gasteiger partial charge in [0.25, 0.3) is 0 Å². The number of allylic oxidation sites excluding steroid dienone is 8. The summed E-state index contributed by atoms with van der Waals surface area (Å²) in [5, 5.41) is 0. The molecule has 2 aromatic carbocycles. The summed E-state index contributed by atoms with van der Waals surface area (Å²) in [5.41, 5.74) is 5.67. The minimum absolute atomic E-state index is 0.858. The molecule has 0 radical (unpaired) electrons. The number of hydrogen-bond donors (Lipinski definition) is 0. The van der Waals surface area contributed by atoms with Crippen LogP contribution in [0, 0.1) is 0 Å². The maximum absolute atomic E-state index is 6.24. The number of fused-ring (bicyclic) bond motifs is 1. The predicted octanol–water partition coefficient (Wildman–Crippen LogP) is 5.27. The first-order valence-electron chi connectivity index (χ1n) is 9.07. The highest BCUT2D eigenvalue weighted by atomic mass is 16.5. The third-order valence-electron chi connectivity index (χ3n) is 4.63. The van der Waals surface area contributed by atoms with Crippen LogP contribution < -0.4 is 4.74 Å². The Bertz CT molecular complexity index is 1020. The van der Waals surface area contributed by atoms with Gasteiger partial charge in [0.1, 0.15) is 25.6 Å². The number of benzene rings is 2. The molecule has 0 aromatic heterocycles. The molecular formula is C25H22NO+. The highest BCUT2D eigenvalue weighted by molar-refractivity contribution is 6.02. The minimum Gasteiger partial charge on any atom is -0.456 e. The van der Waals surface area contributed by atoms with Gasteiger partial charge in [-0.25, -0.2) is 4.58 Å². The Kier molecular flexibility index (Phi) is 4.71. The average molecular weight is 352 g/mol. The van der Waals surface area contributed by atoms with E-state index in [1.807, 2.05) is 38.4 Å². The van der Waals surface area contributed by atoms with E-state index in [2.05, 4.69) is 77.4 Å². The molecule has 2 heteroatoms. The van der Waals surface area contributed by atoms with Gasteiger partial charge >= 0.3 is 0 Å². The normalized spacial score (nSPS) is 16.7. The fourth-order valence-electron chi connectivity index (χ4n) is 3.12. The molecule has 0 spiro atoms. The van der Waals surface area contributed by atoms with Crippen molar-refractivity contribution in [1.29, 1.82) is 0 Å². The number of nitrogens with zero attached hydrogens (tertiary/aromatic N) is 1. The summed E-state index contributed by atoms with van der Waals surface area (Å²) in [7, 11) is 4.09. The second-order valence-electron chi connectivity index (χ2n) is 6.75. The molecule has 4 rings (SSSR count). The molecule has 0 saturated heterocycles. The summed E-state index contributed by atoms with van der Waals surface area (Å²) in [6.45, 7) is 0. The van der Waals surface area contributed by atoms with Gasteiger partial charge in [0.15, 0.2) is 5.71 Å². The zero-order valence-electron chi connectivity index (χ0n) is 15.6. The molecule has 1 aliphatic heterocycles. The first-order chi connectivity index (χ1) is 13.2. The summed E-state index contributed by atoms with van der Waals surface area (Å²) < 4.78 is 8.33. The van der Waals surface area contributed by atoms with E-state index >= 15 is 0 Å². The van der Waals surface area contributed by atoms with Crippen LogP contribution in [0.4, 0.5) is 0 Å². The van der Waals surface area contributed by atoms with E-state index in [0.29, 0.717) is 0 Å². The van der Waals surface area contributed by atoms with Gasteiger partial charge in [-0.1, -0.05) is 54.6 Å². The summed E-state index contributed by atoms with van der Waals surface area (Å²) in [4.78, 5) is 0. The molecule has 0 amide bonds. The van der Waals surface area contributed by atoms with Crippen molar-refractivity contribution in [2.24, 2.45) is 0 Å².